The van der Waals surface area contributed by atoms with Crippen LogP contribution in [0.1, 0.15) is 43.0 Å². The van der Waals surface area contributed by atoms with Gasteiger partial charge in [0.1, 0.15) is 0 Å². The molecule has 0 amide bonds. The Hall–Kier alpha value is -2.69. The number of aliphatic hydroxyl groups excluding tert-OH is 2. The number of carbonyl (C=O) groups is 2. The quantitative estimate of drug-likeness (QED) is 0.284. The molecule has 3 rings (SSSR count). The maximum Gasteiger partial charge on any atom is 0.335 e. The number of aliphatic carboxylic acids is 2. The Morgan fingerprint density at radius 1 is 0.973 bits per heavy atom. The van der Waals surface area contributed by atoms with E-state index in [-0.39, 0.29) is 5.41 Å². The van der Waals surface area contributed by atoms with Gasteiger partial charge >= 0.3 is 11.9 Å². The second-order valence-corrected chi connectivity index (χ2v) is 10.5. The molecule has 1 aliphatic heterocycles. The first-order valence-electron chi connectivity index (χ1n) is 12.1. The van der Waals surface area contributed by atoms with Crippen molar-refractivity contribution in [2.45, 2.75) is 59.0 Å². The minimum absolute atomic E-state index is 0.201. The maximum atomic E-state index is 9.77. The van der Waals surface area contributed by atoms with E-state index in [9.17, 15) is 9.59 Å². The standard InChI is InChI=1S/C23H31ClN2O.C4H6O6/c1-23(2,3)16-27-15-18-6-4-17(5-7-18)14-26-22-20-11-13-25-12-10-19(20)8-9-21(22)24;5-1(3(7)8)2(6)4(9)10/h4-9,25-26H,10-16H2,1-3H3;1-2,5-6H,(H,7,8)(H,9,10)/t;1-,2-/m.1/s1. The maximum absolute atomic E-state index is 9.77. The summed E-state index contributed by atoms with van der Waals surface area (Å²) in [6.45, 7) is 10.8. The Kier molecular flexibility index (Phi) is 11.8. The molecule has 2 aromatic carbocycles. The normalized spacial score (nSPS) is 14.9. The van der Waals surface area contributed by atoms with E-state index in [1.807, 2.05) is 6.07 Å². The molecule has 0 bridgehead atoms. The van der Waals surface area contributed by atoms with Crippen LogP contribution in [-0.2, 0) is 40.3 Å². The van der Waals surface area contributed by atoms with Crippen molar-refractivity contribution in [2.24, 2.45) is 5.41 Å². The highest BCUT2D eigenvalue weighted by Crippen LogP contribution is 2.31. The van der Waals surface area contributed by atoms with Gasteiger partial charge in [-0.2, -0.15) is 0 Å². The van der Waals surface area contributed by atoms with Gasteiger partial charge in [0.25, 0.3) is 0 Å². The fraction of sp³-hybridized carbons (Fsp3) is 0.481. The van der Waals surface area contributed by atoms with Crippen LogP contribution in [0.2, 0.25) is 5.02 Å². The number of hydrogen-bond donors (Lipinski definition) is 6. The molecule has 0 saturated carbocycles. The zero-order valence-electron chi connectivity index (χ0n) is 21.5. The van der Waals surface area contributed by atoms with Crippen molar-refractivity contribution in [3.63, 3.8) is 0 Å². The number of anilines is 1. The lowest BCUT2D eigenvalue weighted by atomic mass is 9.99. The van der Waals surface area contributed by atoms with Gasteiger partial charge in [-0.25, -0.2) is 9.59 Å². The Morgan fingerprint density at radius 2 is 1.54 bits per heavy atom. The van der Waals surface area contributed by atoms with Crippen LogP contribution >= 0.6 is 11.6 Å². The third-order valence-electron chi connectivity index (χ3n) is 5.58. The van der Waals surface area contributed by atoms with Crippen molar-refractivity contribution in [1.29, 1.82) is 0 Å². The molecule has 9 nitrogen and oxygen atoms in total. The number of rotatable bonds is 9. The average Bonchev–Trinajstić information content (AvgIpc) is 3.08. The SMILES string of the molecule is CC(C)(C)COCc1ccc(CNc2c(Cl)ccc3c2CCNCC3)cc1.O=C(O)[C@H](O)[C@@H](O)C(=O)O. The summed E-state index contributed by atoms with van der Waals surface area (Å²) in [5, 5.41) is 40.4. The van der Waals surface area contributed by atoms with Gasteiger partial charge in [-0.1, -0.05) is 62.7 Å². The Bertz CT molecular complexity index is 1020. The molecule has 0 saturated heterocycles. The smallest absolute Gasteiger partial charge is 0.335 e. The molecule has 0 aromatic heterocycles. The van der Waals surface area contributed by atoms with Crippen LogP contribution in [0.5, 0.6) is 0 Å². The van der Waals surface area contributed by atoms with Gasteiger partial charge in [0.05, 0.1) is 23.9 Å². The number of benzene rings is 2. The molecule has 0 unspecified atom stereocenters. The van der Waals surface area contributed by atoms with E-state index in [1.165, 1.54) is 22.3 Å². The number of halogens is 1. The lowest BCUT2D eigenvalue weighted by molar-refractivity contribution is -0.165. The number of nitrogens with one attached hydrogen (secondary N) is 2. The Balaban J connectivity index is 0.000000410. The number of fused-ring (bicyclic) bond motifs is 1. The van der Waals surface area contributed by atoms with Gasteiger partial charge in [-0.05, 0) is 59.7 Å². The lowest BCUT2D eigenvalue weighted by Gasteiger charge is -2.18. The Labute approximate surface area is 222 Å². The average molecular weight is 537 g/mol. The van der Waals surface area contributed by atoms with E-state index in [0.29, 0.717) is 6.61 Å². The highest BCUT2D eigenvalue weighted by molar-refractivity contribution is 6.33. The molecule has 0 fully saturated rings. The van der Waals surface area contributed by atoms with Crippen molar-refractivity contribution >= 4 is 29.2 Å². The highest BCUT2D eigenvalue weighted by atomic mass is 35.5. The molecule has 2 aromatic rings. The second kappa shape index (κ2) is 14.3. The summed E-state index contributed by atoms with van der Waals surface area (Å²) in [5.74, 6) is -3.54. The van der Waals surface area contributed by atoms with Crippen LogP contribution in [0.25, 0.3) is 0 Å². The number of ether oxygens (including phenoxy) is 1. The van der Waals surface area contributed by atoms with Gasteiger partial charge < -0.3 is 35.8 Å². The third kappa shape index (κ3) is 10.3. The fourth-order valence-electron chi connectivity index (χ4n) is 3.62. The Morgan fingerprint density at radius 3 is 2.11 bits per heavy atom. The van der Waals surface area contributed by atoms with Crippen molar-refractivity contribution in [1.82, 2.24) is 5.32 Å². The van der Waals surface area contributed by atoms with Crippen LogP contribution in [0.4, 0.5) is 5.69 Å². The van der Waals surface area contributed by atoms with Crippen LogP contribution < -0.4 is 10.6 Å². The minimum Gasteiger partial charge on any atom is -0.479 e. The van der Waals surface area contributed by atoms with Gasteiger partial charge in [0, 0.05) is 6.54 Å². The lowest BCUT2D eigenvalue weighted by Crippen LogP contribution is -2.39. The first-order valence-corrected chi connectivity index (χ1v) is 12.5. The molecule has 37 heavy (non-hydrogen) atoms. The molecule has 0 aliphatic carbocycles. The largest absolute Gasteiger partial charge is 0.479 e. The van der Waals surface area contributed by atoms with E-state index >= 15 is 0 Å². The molecule has 10 heteroatoms. The predicted octanol–water partition coefficient (Wildman–Crippen LogP) is 3.08. The van der Waals surface area contributed by atoms with Gasteiger partial charge in [0.2, 0.25) is 0 Å². The van der Waals surface area contributed by atoms with E-state index in [0.717, 1.165) is 49.8 Å². The van der Waals surface area contributed by atoms with Crippen molar-refractivity contribution in [2.75, 3.05) is 25.0 Å². The zero-order chi connectivity index (χ0) is 27.6. The molecule has 0 radical (unpaired) electrons. The van der Waals surface area contributed by atoms with E-state index in [1.54, 1.807) is 0 Å². The third-order valence-corrected chi connectivity index (χ3v) is 5.90. The van der Waals surface area contributed by atoms with Crippen LogP contribution in [0.15, 0.2) is 36.4 Å². The van der Waals surface area contributed by atoms with Crippen LogP contribution in [0.3, 0.4) is 0 Å². The number of carboxylic acids is 2. The number of aliphatic hydroxyl groups is 2. The van der Waals surface area contributed by atoms with E-state index in [4.69, 9.17) is 36.8 Å². The number of hydrogen-bond acceptors (Lipinski definition) is 7. The fourth-order valence-corrected chi connectivity index (χ4v) is 3.87. The zero-order valence-corrected chi connectivity index (χ0v) is 22.2. The summed E-state index contributed by atoms with van der Waals surface area (Å²) < 4.78 is 5.80. The van der Waals surface area contributed by atoms with Crippen LogP contribution in [-0.4, -0.2) is 64.3 Å². The van der Waals surface area contributed by atoms with Crippen molar-refractivity contribution in [3.05, 3.63) is 63.7 Å². The molecule has 0 spiro atoms. The summed E-state index contributed by atoms with van der Waals surface area (Å²) in [6.07, 6.45) is -2.46. The molecule has 6 N–H and O–H groups in total. The van der Waals surface area contributed by atoms with Crippen molar-refractivity contribution < 1.29 is 34.8 Å². The molecular formula is C27H37ClN2O7. The molecule has 204 valence electrons. The summed E-state index contributed by atoms with van der Waals surface area (Å²) >= 11 is 6.50. The van der Waals surface area contributed by atoms with E-state index in [2.05, 4.69) is 61.7 Å². The summed E-state index contributed by atoms with van der Waals surface area (Å²) in [7, 11) is 0. The second-order valence-electron chi connectivity index (χ2n) is 10.1. The van der Waals surface area contributed by atoms with Gasteiger partial charge in [-0.15, -0.1) is 0 Å². The van der Waals surface area contributed by atoms with Crippen LogP contribution in [0, 0.1) is 5.41 Å². The van der Waals surface area contributed by atoms with Crippen molar-refractivity contribution in [3.8, 4) is 0 Å². The predicted molar refractivity (Wildman–Crippen MR) is 142 cm³/mol. The first-order chi connectivity index (χ1) is 17.4. The molecule has 2 atom stereocenters. The molecular weight excluding hydrogens is 500 g/mol. The highest BCUT2D eigenvalue weighted by Gasteiger charge is 2.29. The summed E-state index contributed by atoms with van der Waals surface area (Å²) in [5.41, 5.74) is 6.51. The number of carboxylic acid groups (broad SMARTS) is 2. The van der Waals surface area contributed by atoms with Gasteiger partial charge in [-0.3, -0.25) is 0 Å². The monoisotopic (exact) mass is 536 g/mol. The topological polar surface area (TPSA) is 148 Å². The van der Waals surface area contributed by atoms with Gasteiger partial charge in [0.15, 0.2) is 12.2 Å². The molecule has 1 heterocycles. The summed E-state index contributed by atoms with van der Waals surface area (Å²) in [6, 6.07) is 12.8. The molecule has 1 aliphatic rings. The van der Waals surface area contributed by atoms with E-state index < -0.39 is 24.1 Å². The summed E-state index contributed by atoms with van der Waals surface area (Å²) in [4.78, 5) is 19.5. The first kappa shape index (κ1) is 30.5. The minimum atomic E-state index is -2.27.